The first-order valence-electron chi connectivity index (χ1n) is 5.25. The molecule has 0 radical (unpaired) electrons. The minimum absolute atomic E-state index is 0.244. The molecule has 3 heteroatoms. The van der Waals surface area contributed by atoms with Crippen LogP contribution in [0.3, 0.4) is 0 Å². The van der Waals surface area contributed by atoms with Crippen LogP contribution in [-0.2, 0) is 0 Å². The lowest BCUT2D eigenvalue weighted by Gasteiger charge is -2.08. The van der Waals surface area contributed by atoms with Crippen molar-refractivity contribution in [3.8, 4) is 11.8 Å². The van der Waals surface area contributed by atoms with E-state index in [1.165, 1.54) is 18.2 Å². The van der Waals surface area contributed by atoms with Gasteiger partial charge in [-0.05, 0) is 44.6 Å². The predicted molar refractivity (Wildman–Crippen MR) is 64.9 cm³/mol. The Morgan fingerprint density at radius 1 is 1.35 bits per heavy atom. The number of hydrogen-bond acceptors (Lipinski definition) is 2. The van der Waals surface area contributed by atoms with Gasteiger partial charge in [0, 0.05) is 6.07 Å². The molecular formula is C14H14FNO. The van der Waals surface area contributed by atoms with Crippen LogP contribution in [0.15, 0.2) is 41.7 Å². The maximum Gasteiger partial charge on any atom is 0.131 e. The number of nitriles is 1. The van der Waals surface area contributed by atoms with E-state index in [0.29, 0.717) is 11.5 Å². The summed E-state index contributed by atoms with van der Waals surface area (Å²) in [5.74, 6) is 0.505. The van der Waals surface area contributed by atoms with Gasteiger partial charge in [-0.1, -0.05) is 6.08 Å². The molecule has 0 amide bonds. The summed E-state index contributed by atoms with van der Waals surface area (Å²) in [7, 11) is 0. The number of benzene rings is 1. The van der Waals surface area contributed by atoms with Crippen molar-refractivity contribution in [1.29, 1.82) is 5.26 Å². The van der Waals surface area contributed by atoms with Gasteiger partial charge in [0.1, 0.15) is 17.3 Å². The maximum absolute atomic E-state index is 13.2. The molecule has 1 rings (SSSR count). The summed E-state index contributed by atoms with van der Waals surface area (Å²) in [5.41, 5.74) is 1.22. The van der Waals surface area contributed by atoms with E-state index in [1.54, 1.807) is 6.08 Å². The van der Waals surface area contributed by atoms with Crippen LogP contribution in [-0.4, -0.2) is 0 Å². The van der Waals surface area contributed by atoms with Gasteiger partial charge in [0.15, 0.2) is 0 Å². The molecule has 17 heavy (non-hydrogen) atoms. The Morgan fingerprint density at radius 2 is 2.06 bits per heavy atom. The van der Waals surface area contributed by atoms with E-state index in [-0.39, 0.29) is 5.56 Å². The minimum Gasteiger partial charge on any atom is -0.457 e. The van der Waals surface area contributed by atoms with Crippen molar-refractivity contribution in [2.75, 3.05) is 0 Å². The highest BCUT2D eigenvalue weighted by Gasteiger charge is 2.04. The fraction of sp³-hybridized carbons (Fsp3) is 0.214. The average Bonchev–Trinajstić information content (AvgIpc) is 2.27. The first kappa shape index (κ1) is 13.0. The van der Waals surface area contributed by atoms with Crippen molar-refractivity contribution >= 4 is 0 Å². The second-order valence-electron chi connectivity index (χ2n) is 3.75. The summed E-state index contributed by atoms with van der Waals surface area (Å²) in [5, 5.41) is 8.73. The predicted octanol–water partition coefficient (Wildman–Crippen LogP) is 3.95. The Labute approximate surface area is 101 Å². The van der Waals surface area contributed by atoms with Gasteiger partial charge in [-0.15, -0.1) is 0 Å². The van der Waals surface area contributed by atoms with Gasteiger partial charge in [0.2, 0.25) is 0 Å². The summed E-state index contributed by atoms with van der Waals surface area (Å²) >= 11 is 0. The number of nitrogens with zero attached hydrogens (tertiary/aromatic N) is 1. The molecule has 0 aliphatic rings. The largest absolute Gasteiger partial charge is 0.457 e. The van der Waals surface area contributed by atoms with E-state index in [1.807, 2.05) is 32.9 Å². The van der Waals surface area contributed by atoms with Gasteiger partial charge in [0.25, 0.3) is 0 Å². The van der Waals surface area contributed by atoms with E-state index in [0.717, 1.165) is 5.57 Å². The highest BCUT2D eigenvalue weighted by Crippen LogP contribution is 2.20. The molecule has 0 saturated heterocycles. The number of allylic oxidation sites excluding steroid dienone is 3. The van der Waals surface area contributed by atoms with E-state index in [9.17, 15) is 4.39 Å². The number of hydrogen-bond donors (Lipinski definition) is 0. The van der Waals surface area contributed by atoms with Crippen LogP contribution in [0.5, 0.6) is 5.75 Å². The number of halogens is 1. The van der Waals surface area contributed by atoms with Crippen molar-refractivity contribution in [2.24, 2.45) is 0 Å². The third kappa shape index (κ3) is 3.76. The first-order valence-corrected chi connectivity index (χ1v) is 5.25. The standard InChI is InChI=1S/C14H14FNO/c1-4-5-14(10(2)3)17-13-7-11(9-16)6-12(15)8-13/h4-8H,1-3H3/b5-4-. The molecule has 0 fully saturated rings. The molecule has 0 bridgehead atoms. The van der Waals surface area contributed by atoms with Crippen molar-refractivity contribution in [3.63, 3.8) is 0 Å². The van der Waals surface area contributed by atoms with Crippen LogP contribution >= 0.6 is 0 Å². The second kappa shape index (κ2) is 5.86. The fourth-order valence-corrected chi connectivity index (χ4v) is 1.27. The van der Waals surface area contributed by atoms with Crippen molar-refractivity contribution in [2.45, 2.75) is 20.8 Å². The molecule has 2 nitrogen and oxygen atoms in total. The molecule has 0 N–H and O–H groups in total. The zero-order valence-electron chi connectivity index (χ0n) is 10.1. The van der Waals surface area contributed by atoms with Crippen LogP contribution in [0.2, 0.25) is 0 Å². The van der Waals surface area contributed by atoms with Crippen molar-refractivity contribution < 1.29 is 9.13 Å². The monoisotopic (exact) mass is 231 g/mol. The summed E-state index contributed by atoms with van der Waals surface area (Å²) < 4.78 is 18.7. The lowest BCUT2D eigenvalue weighted by atomic mass is 10.2. The SMILES string of the molecule is C/C=C\C(Oc1cc(F)cc(C#N)c1)=C(C)C. The lowest BCUT2D eigenvalue weighted by Crippen LogP contribution is -1.96. The van der Waals surface area contributed by atoms with Crippen molar-refractivity contribution in [3.05, 3.63) is 53.1 Å². The third-order valence-corrected chi connectivity index (χ3v) is 2.04. The Balaban J connectivity index is 3.07. The molecule has 0 unspecified atom stereocenters. The molecule has 0 aliphatic heterocycles. The summed E-state index contributed by atoms with van der Waals surface area (Å²) in [6, 6.07) is 5.83. The van der Waals surface area contributed by atoms with Gasteiger partial charge in [0.05, 0.1) is 11.6 Å². The van der Waals surface area contributed by atoms with E-state index in [4.69, 9.17) is 10.00 Å². The van der Waals surface area contributed by atoms with Gasteiger partial charge in [-0.25, -0.2) is 4.39 Å². The molecule has 0 spiro atoms. The Hall–Kier alpha value is -2.08. The van der Waals surface area contributed by atoms with Crippen LogP contribution < -0.4 is 4.74 Å². The molecule has 0 saturated carbocycles. The Morgan fingerprint density at radius 3 is 2.59 bits per heavy atom. The third-order valence-electron chi connectivity index (χ3n) is 2.04. The molecule has 0 heterocycles. The fourth-order valence-electron chi connectivity index (χ4n) is 1.27. The number of rotatable bonds is 3. The molecule has 0 aromatic heterocycles. The van der Waals surface area contributed by atoms with Crippen LogP contribution in [0.1, 0.15) is 26.3 Å². The zero-order chi connectivity index (χ0) is 12.8. The Kier molecular flexibility index (Phi) is 4.47. The van der Waals surface area contributed by atoms with Crippen LogP contribution in [0, 0.1) is 17.1 Å². The normalized spacial score (nSPS) is 10.1. The van der Waals surface area contributed by atoms with Crippen LogP contribution in [0.4, 0.5) is 4.39 Å². The number of ether oxygens (including phenoxy) is 1. The highest BCUT2D eigenvalue weighted by molar-refractivity contribution is 5.38. The lowest BCUT2D eigenvalue weighted by molar-refractivity contribution is 0.434. The van der Waals surface area contributed by atoms with Gasteiger partial charge >= 0.3 is 0 Å². The first-order chi connectivity index (χ1) is 8.06. The molecule has 0 atom stereocenters. The summed E-state index contributed by atoms with van der Waals surface area (Å²) in [4.78, 5) is 0. The molecule has 88 valence electrons. The Bertz CT molecular complexity index is 505. The molecular weight excluding hydrogens is 217 g/mol. The van der Waals surface area contributed by atoms with Crippen molar-refractivity contribution in [1.82, 2.24) is 0 Å². The second-order valence-corrected chi connectivity index (χ2v) is 3.75. The van der Waals surface area contributed by atoms with E-state index >= 15 is 0 Å². The highest BCUT2D eigenvalue weighted by atomic mass is 19.1. The van der Waals surface area contributed by atoms with Crippen LogP contribution in [0.25, 0.3) is 0 Å². The summed E-state index contributed by atoms with van der Waals surface area (Å²) in [6.45, 7) is 5.68. The minimum atomic E-state index is -0.479. The molecule has 0 aliphatic carbocycles. The zero-order valence-corrected chi connectivity index (χ0v) is 10.1. The maximum atomic E-state index is 13.2. The smallest absolute Gasteiger partial charge is 0.131 e. The van der Waals surface area contributed by atoms with E-state index in [2.05, 4.69) is 0 Å². The average molecular weight is 231 g/mol. The topological polar surface area (TPSA) is 33.0 Å². The summed E-state index contributed by atoms with van der Waals surface area (Å²) in [6.07, 6.45) is 3.64. The van der Waals surface area contributed by atoms with E-state index < -0.39 is 5.82 Å². The van der Waals surface area contributed by atoms with Gasteiger partial charge < -0.3 is 4.74 Å². The van der Waals surface area contributed by atoms with Gasteiger partial charge in [-0.3, -0.25) is 0 Å². The van der Waals surface area contributed by atoms with Gasteiger partial charge in [-0.2, -0.15) is 5.26 Å². The molecule has 1 aromatic rings. The quantitative estimate of drug-likeness (QED) is 0.583. The molecule has 1 aromatic carbocycles.